The van der Waals surface area contributed by atoms with Gasteiger partial charge in [0.05, 0.1) is 40.3 Å². The van der Waals surface area contributed by atoms with Gasteiger partial charge in [-0.05, 0) is 70.2 Å². The molecular weight excluding hydrogens is 514 g/mol. The molecule has 8 nitrogen and oxygen atoms in total. The number of rotatable bonds is 6. The summed E-state index contributed by atoms with van der Waals surface area (Å²) in [5.74, 6) is -0.584. The minimum atomic E-state index is -0.981. The second-order valence-corrected chi connectivity index (χ2v) is 10.9. The summed E-state index contributed by atoms with van der Waals surface area (Å²) in [7, 11) is 1.86. The Bertz CT molecular complexity index is 1600. The van der Waals surface area contributed by atoms with Gasteiger partial charge in [0.1, 0.15) is 5.82 Å². The smallest absolute Gasteiger partial charge is 0.227 e. The van der Waals surface area contributed by atoms with Crippen molar-refractivity contribution in [1.82, 2.24) is 24.5 Å². The molecule has 2 aliphatic rings. The Morgan fingerprint density at radius 1 is 1.05 bits per heavy atom. The topological polar surface area (TPSA) is 78.1 Å². The molecule has 0 unspecified atom stereocenters. The number of allylic oxidation sites excluding steroid dienone is 1. The monoisotopic (exact) mass is 546 g/mol. The Morgan fingerprint density at radius 2 is 1.82 bits per heavy atom. The molecule has 0 spiro atoms. The maximum Gasteiger partial charge on any atom is 0.227 e. The molecule has 0 bridgehead atoms. The van der Waals surface area contributed by atoms with Crippen LogP contribution >= 0.6 is 0 Å². The summed E-state index contributed by atoms with van der Waals surface area (Å²) in [5, 5.41) is 8.34. The van der Waals surface area contributed by atoms with Crippen molar-refractivity contribution < 1.29 is 18.3 Å². The van der Waals surface area contributed by atoms with E-state index in [1.165, 1.54) is 6.07 Å². The van der Waals surface area contributed by atoms with E-state index in [2.05, 4.69) is 33.6 Å². The fourth-order valence-electron chi connectivity index (χ4n) is 6.33. The van der Waals surface area contributed by atoms with Gasteiger partial charge in [0.2, 0.25) is 5.91 Å². The molecule has 2 aromatic carbocycles. The highest BCUT2D eigenvalue weighted by Gasteiger charge is 2.39. The Morgan fingerprint density at radius 3 is 2.50 bits per heavy atom. The van der Waals surface area contributed by atoms with Gasteiger partial charge in [-0.1, -0.05) is 17.9 Å². The fourth-order valence-corrected chi connectivity index (χ4v) is 6.33. The van der Waals surface area contributed by atoms with Crippen molar-refractivity contribution in [1.29, 1.82) is 0 Å². The van der Waals surface area contributed by atoms with Crippen LogP contribution in [0, 0.1) is 18.6 Å². The number of nitrogens with zero attached hydrogens (tertiary/aromatic N) is 6. The van der Waals surface area contributed by atoms with Crippen LogP contribution in [0.25, 0.3) is 22.3 Å². The summed E-state index contributed by atoms with van der Waals surface area (Å²) in [6.07, 6.45) is 4.50. The number of anilines is 1. The van der Waals surface area contributed by atoms with Crippen molar-refractivity contribution in [2.45, 2.75) is 70.6 Å². The number of ether oxygens (including phenoxy) is 1. The maximum absolute atomic E-state index is 14.2. The fraction of sp³-hybridized carbons (Fsp3) is 0.400. The standard InChI is InChI=1S/C30H32F2N6O2/c1-17(2)40-22-9-6-20(7-10-22)38-26-12-5-19(29-18(3)34-35-36(29)4)15-25(26)33-30(38)27-13-14-28(39)37(27)21-8-11-23(31)24(32)16-21/h5,8,11-12,15-16,20,22,27H,1,6-7,9-10,13-14H2,2-4H3/t20-,22-,27-/m0/s1. The molecule has 10 heteroatoms. The molecule has 4 aromatic rings. The number of hydrogen-bond donors (Lipinski definition) is 0. The molecule has 2 aromatic heterocycles. The molecule has 1 aliphatic heterocycles. The number of fused-ring (bicyclic) bond motifs is 1. The van der Waals surface area contributed by atoms with E-state index >= 15 is 0 Å². The highest BCUT2D eigenvalue weighted by molar-refractivity contribution is 5.96. The first kappa shape index (κ1) is 26.2. The van der Waals surface area contributed by atoms with E-state index in [-0.39, 0.29) is 18.1 Å². The normalized spacial score (nSPS) is 21.4. The van der Waals surface area contributed by atoms with Crippen molar-refractivity contribution in [3.8, 4) is 11.3 Å². The first-order valence-electron chi connectivity index (χ1n) is 13.7. The Labute approximate surface area is 231 Å². The third-order valence-electron chi connectivity index (χ3n) is 8.05. The average Bonchev–Trinajstić information content (AvgIpc) is 3.59. The second-order valence-electron chi connectivity index (χ2n) is 10.9. The molecule has 0 radical (unpaired) electrons. The van der Waals surface area contributed by atoms with Crippen LogP contribution in [0.5, 0.6) is 0 Å². The van der Waals surface area contributed by atoms with Gasteiger partial charge in [-0.2, -0.15) is 0 Å². The first-order valence-corrected chi connectivity index (χ1v) is 13.7. The molecular formula is C30H32F2N6O2. The van der Waals surface area contributed by atoms with Gasteiger partial charge in [0, 0.05) is 36.8 Å². The first-order chi connectivity index (χ1) is 19.2. The van der Waals surface area contributed by atoms with E-state index in [1.54, 1.807) is 9.58 Å². The summed E-state index contributed by atoms with van der Waals surface area (Å²) in [4.78, 5) is 19.8. The molecule has 3 heterocycles. The summed E-state index contributed by atoms with van der Waals surface area (Å²) in [6, 6.07) is 9.52. The van der Waals surface area contributed by atoms with Crippen LogP contribution in [0.15, 0.2) is 48.7 Å². The van der Waals surface area contributed by atoms with Crippen LogP contribution < -0.4 is 4.90 Å². The van der Waals surface area contributed by atoms with Crippen molar-refractivity contribution in [3.05, 3.63) is 71.9 Å². The number of amides is 1. The van der Waals surface area contributed by atoms with E-state index < -0.39 is 17.7 Å². The number of aryl methyl sites for hydroxylation is 2. The molecule has 1 saturated carbocycles. The minimum absolute atomic E-state index is 0.130. The number of aromatic nitrogens is 5. The summed E-state index contributed by atoms with van der Waals surface area (Å²) in [6.45, 7) is 7.68. The molecule has 40 heavy (non-hydrogen) atoms. The Balaban J connectivity index is 1.46. The van der Waals surface area contributed by atoms with Crippen LogP contribution in [0.4, 0.5) is 14.5 Å². The predicted molar refractivity (Wildman–Crippen MR) is 147 cm³/mol. The van der Waals surface area contributed by atoms with Crippen molar-refractivity contribution in [2.24, 2.45) is 7.05 Å². The van der Waals surface area contributed by atoms with Gasteiger partial charge in [0.25, 0.3) is 0 Å². The maximum atomic E-state index is 14.2. The lowest BCUT2D eigenvalue weighted by Gasteiger charge is -2.33. The molecule has 2 fully saturated rings. The largest absolute Gasteiger partial charge is 0.496 e. The zero-order valence-corrected chi connectivity index (χ0v) is 22.9. The zero-order chi connectivity index (χ0) is 28.1. The summed E-state index contributed by atoms with van der Waals surface area (Å²) >= 11 is 0. The summed E-state index contributed by atoms with van der Waals surface area (Å²) < 4.78 is 37.9. The minimum Gasteiger partial charge on any atom is -0.496 e. The Hall–Kier alpha value is -4.08. The van der Waals surface area contributed by atoms with Crippen LogP contribution in [-0.4, -0.2) is 36.6 Å². The van der Waals surface area contributed by atoms with Crippen LogP contribution in [0.2, 0.25) is 0 Å². The lowest BCUT2D eigenvalue weighted by atomic mass is 9.92. The average molecular weight is 547 g/mol. The SMILES string of the molecule is C=C(C)O[C@H]1CC[C@H](n2c([C@@H]3CCC(=O)N3c3ccc(F)c(F)c3)nc3cc(-c4c(C)nnn4C)ccc32)CC1. The number of benzene rings is 2. The summed E-state index contributed by atoms with van der Waals surface area (Å²) in [5.41, 5.74) is 4.80. The molecule has 208 valence electrons. The van der Waals surface area contributed by atoms with Gasteiger partial charge >= 0.3 is 0 Å². The van der Waals surface area contributed by atoms with Crippen LogP contribution in [-0.2, 0) is 16.6 Å². The lowest BCUT2D eigenvalue weighted by Crippen LogP contribution is -2.31. The van der Waals surface area contributed by atoms with Crippen molar-refractivity contribution >= 4 is 22.6 Å². The van der Waals surface area contributed by atoms with Crippen LogP contribution in [0.1, 0.15) is 69.1 Å². The molecule has 1 aliphatic carbocycles. The molecule has 1 atom stereocenters. The van der Waals surface area contributed by atoms with E-state index in [0.717, 1.165) is 77.4 Å². The van der Waals surface area contributed by atoms with Crippen molar-refractivity contribution in [2.75, 3.05) is 4.90 Å². The van der Waals surface area contributed by atoms with Gasteiger partial charge in [-0.25, -0.2) is 18.4 Å². The zero-order valence-electron chi connectivity index (χ0n) is 22.9. The predicted octanol–water partition coefficient (Wildman–Crippen LogP) is 6.32. The van der Waals surface area contributed by atoms with Gasteiger partial charge in [0.15, 0.2) is 11.6 Å². The number of carbonyl (C=O) groups is 1. The Kier molecular flexibility index (Phi) is 6.64. The molecule has 0 N–H and O–H groups in total. The molecule has 1 saturated heterocycles. The molecule has 1 amide bonds. The van der Waals surface area contributed by atoms with Crippen LogP contribution in [0.3, 0.4) is 0 Å². The molecule has 6 rings (SSSR count). The van der Waals surface area contributed by atoms with Crippen molar-refractivity contribution in [3.63, 3.8) is 0 Å². The third-order valence-corrected chi connectivity index (χ3v) is 8.05. The number of imidazole rings is 1. The number of halogens is 2. The highest BCUT2D eigenvalue weighted by atomic mass is 19.2. The van der Waals surface area contributed by atoms with Gasteiger partial charge in [-0.3, -0.25) is 4.79 Å². The van der Waals surface area contributed by atoms with E-state index in [0.29, 0.717) is 18.5 Å². The van der Waals surface area contributed by atoms with E-state index in [1.807, 2.05) is 27.0 Å². The quantitative estimate of drug-likeness (QED) is 0.265. The van der Waals surface area contributed by atoms with Gasteiger partial charge in [-0.15, -0.1) is 5.10 Å². The lowest BCUT2D eigenvalue weighted by molar-refractivity contribution is -0.117. The van der Waals surface area contributed by atoms with E-state index in [4.69, 9.17) is 9.72 Å². The number of carbonyl (C=O) groups excluding carboxylic acids is 1. The highest BCUT2D eigenvalue weighted by Crippen LogP contribution is 2.42. The number of hydrogen-bond acceptors (Lipinski definition) is 5. The second kappa shape index (κ2) is 10.1. The van der Waals surface area contributed by atoms with Gasteiger partial charge < -0.3 is 14.2 Å². The third kappa shape index (κ3) is 4.55. The van der Waals surface area contributed by atoms with E-state index in [9.17, 15) is 13.6 Å².